The van der Waals surface area contributed by atoms with Gasteiger partial charge in [-0.15, -0.1) is 0 Å². The van der Waals surface area contributed by atoms with Gasteiger partial charge in [-0.3, -0.25) is 9.78 Å². The Kier molecular flexibility index (Phi) is 6.52. The quantitative estimate of drug-likeness (QED) is 0.402. The summed E-state index contributed by atoms with van der Waals surface area (Å²) in [5, 5.41) is 3.22. The summed E-state index contributed by atoms with van der Waals surface area (Å²) in [7, 11) is 0. The van der Waals surface area contributed by atoms with Crippen LogP contribution >= 0.6 is 0 Å². The highest BCUT2D eigenvalue weighted by atomic mass is 19.1. The first-order chi connectivity index (χ1) is 18.6. The van der Waals surface area contributed by atoms with Gasteiger partial charge in [0, 0.05) is 37.0 Å². The second-order valence-electron chi connectivity index (χ2n) is 9.54. The number of fused-ring (bicyclic) bond motifs is 1. The lowest BCUT2D eigenvalue weighted by Gasteiger charge is -2.39. The van der Waals surface area contributed by atoms with E-state index in [1.807, 2.05) is 24.3 Å². The number of pyridine rings is 1. The number of benzene rings is 3. The molecule has 1 aromatic heterocycles. The number of nitrogens with zero attached hydrogens (tertiary/aromatic N) is 2. The monoisotopic (exact) mass is 509 g/mol. The molecule has 2 aliphatic rings. The lowest BCUT2D eigenvalue weighted by molar-refractivity contribution is 0.0883. The minimum Gasteiger partial charge on any atom is -0.491 e. The number of hydrogen-bond acceptors (Lipinski definition) is 5. The van der Waals surface area contributed by atoms with Crippen molar-refractivity contribution in [3.8, 4) is 16.9 Å². The highest BCUT2D eigenvalue weighted by Gasteiger charge is 2.42. The zero-order valence-corrected chi connectivity index (χ0v) is 20.9. The molecule has 1 fully saturated rings. The molecule has 1 unspecified atom stereocenters. The predicted octanol–water partition coefficient (Wildman–Crippen LogP) is 5.18. The summed E-state index contributed by atoms with van der Waals surface area (Å²) in [4.78, 5) is 20.3. The number of carbonyl (C=O) groups excluding carboxylic acids is 1. The van der Waals surface area contributed by atoms with E-state index in [4.69, 9.17) is 9.47 Å². The number of aromatic nitrogens is 1. The molecule has 7 heteroatoms. The molecule has 1 saturated heterocycles. The van der Waals surface area contributed by atoms with E-state index in [1.54, 1.807) is 6.20 Å². The number of ether oxygens (including phenoxy) is 2. The van der Waals surface area contributed by atoms with Gasteiger partial charge in [-0.05, 0) is 65.2 Å². The van der Waals surface area contributed by atoms with Crippen molar-refractivity contribution < 1.29 is 18.7 Å². The summed E-state index contributed by atoms with van der Waals surface area (Å²) in [6.07, 6.45) is 2.22. The Morgan fingerprint density at radius 3 is 2.26 bits per heavy atom. The molecule has 4 aromatic rings. The summed E-state index contributed by atoms with van der Waals surface area (Å²) >= 11 is 0. The van der Waals surface area contributed by atoms with Crippen molar-refractivity contribution in [1.82, 2.24) is 10.3 Å². The van der Waals surface area contributed by atoms with Crippen molar-refractivity contribution in [2.24, 2.45) is 0 Å². The Bertz CT molecular complexity index is 1420. The molecule has 6 nitrogen and oxygen atoms in total. The average Bonchev–Trinajstić information content (AvgIpc) is 2.98. The van der Waals surface area contributed by atoms with Gasteiger partial charge in [-0.1, -0.05) is 36.4 Å². The number of rotatable bonds is 5. The molecule has 192 valence electrons. The Labute approximate surface area is 221 Å². The first kappa shape index (κ1) is 24.1. The van der Waals surface area contributed by atoms with Crippen LogP contribution in [0.3, 0.4) is 0 Å². The number of nitrogens with one attached hydrogen (secondary N) is 1. The Balaban J connectivity index is 1.32. The van der Waals surface area contributed by atoms with Crippen molar-refractivity contribution in [1.29, 1.82) is 0 Å². The minimum atomic E-state index is -0.890. The molecule has 0 bridgehead atoms. The van der Waals surface area contributed by atoms with Gasteiger partial charge in [0.1, 0.15) is 22.8 Å². The molecule has 0 radical (unpaired) electrons. The third kappa shape index (κ3) is 4.61. The topological polar surface area (TPSA) is 63.7 Å². The normalized spacial score (nSPS) is 18.8. The van der Waals surface area contributed by atoms with E-state index in [2.05, 4.69) is 51.6 Å². The van der Waals surface area contributed by atoms with Gasteiger partial charge in [0.05, 0.1) is 19.8 Å². The maximum Gasteiger partial charge on any atom is 0.252 e. The number of amides is 1. The summed E-state index contributed by atoms with van der Waals surface area (Å²) < 4.78 is 24.8. The van der Waals surface area contributed by atoms with Crippen molar-refractivity contribution in [3.05, 3.63) is 114 Å². The molecular weight excluding hydrogens is 481 g/mol. The van der Waals surface area contributed by atoms with Crippen LogP contribution in [0.15, 0.2) is 91.1 Å². The Morgan fingerprint density at radius 1 is 0.868 bits per heavy atom. The van der Waals surface area contributed by atoms with E-state index < -0.39 is 5.54 Å². The fraction of sp³-hybridized carbons (Fsp3) is 0.226. The minimum absolute atomic E-state index is 0.300. The lowest BCUT2D eigenvalue weighted by Crippen LogP contribution is -2.50. The summed E-state index contributed by atoms with van der Waals surface area (Å²) in [5.74, 6) is -0.0462. The van der Waals surface area contributed by atoms with Gasteiger partial charge in [0.15, 0.2) is 0 Å². The van der Waals surface area contributed by atoms with E-state index in [9.17, 15) is 9.18 Å². The molecule has 1 amide bonds. The molecule has 2 aliphatic heterocycles. The maximum atomic E-state index is 13.5. The first-order valence-corrected chi connectivity index (χ1v) is 12.8. The smallest absolute Gasteiger partial charge is 0.252 e. The van der Waals surface area contributed by atoms with E-state index in [0.717, 1.165) is 43.0 Å². The van der Waals surface area contributed by atoms with Crippen LogP contribution in [0.4, 0.5) is 10.1 Å². The fourth-order valence-electron chi connectivity index (χ4n) is 5.24. The van der Waals surface area contributed by atoms with Gasteiger partial charge in [0.2, 0.25) is 0 Å². The second kappa shape index (κ2) is 10.3. The van der Waals surface area contributed by atoms with Crippen molar-refractivity contribution >= 4 is 11.6 Å². The SMILES string of the molecule is O=C(NC1(c2ccc(-c3ccc(N4CCOCC4)cc3)cc2)CCOc2cccnc21)c1ccc(F)cc1. The molecule has 0 spiro atoms. The van der Waals surface area contributed by atoms with Crippen molar-refractivity contribution in [3.63, 3.8) is 0 Å². The molecule has 38 heavy (non-hydrogen) atoms. The van der Waals surface area contributed by atoms with Crippen LogP contribution in [0, 0.1) is 5.82 Å². The van der Waals surface area contributed by atoms with E-state index in [-0.39, 0.29) is 11.7 Å². The number of anilines is 1. The predicted molar refractivity (Wildman–Crippen MR) is 144 cm³/mol. The van der Waals surface area contributed by atoms with E-state index >= 15 is 0 Å². The zero-order chi connectivity index (χ0) is 26.0. The average molecular weight is 510 g/mol. The standard InChI is InChI=1S/C31H28FN3O3/c32-26-11-5-24(6-12-26)30(36)34-31(15-19-38-28-2-1-16-33-29(28)31)25-9-3-22(4-10-25)23-7-13-27(14-8-23)35-17-20-37-21-18-35/h1-14,16H,15,17-21H2,(H,34,36). The lowest BCUT2D eigenvalue weighted by atomic mass is 9.80. The third-order valence-corrected chi connectivity index (χ3v) is 7.30. The van der Waals surface area contributed by atoms with Crippen molar-refractivity contribution in [2.45, 2.75) is 12.0 Å². The van der Waals surface area contributed by atoms with Gasteiger partial charge < -0.3 is 19.7 Å². The molecule has 1 atom stereocenters. The molecule has 0 saturated carbocycles. The number of morpholine rings is 1. The fourth-order valence-corrected chi connectivity index (χ4v) is 5.24. The van der Waals surface area contributed by atoms with Crippen LogP contribution in [0.25, 0.3) is 11.1 Å². The number of halogens is 1. The van der Waals surface area contributed by atoms with Crippen LogP contribution in [0.1, 0.15) is 28.0 Å². The molecule has 1 N–H and O–H groups in total. The highest BCUT2D eigenvalue weighted by molar-refractivity contribution is 5.95. The first-order valence-electron chi connectivity index (χ1n) is 12.8. The summed E-state index contributed by atoms with van der Waals surface area (Å²) in [6.45, 7) is 3.74. The molecular formula is C31H28FN3O3. The maximum absolute atomic E-state index is 13.5. The van der Waals surface area contributed by atoms with Crippen LogP contribution in [-0.4, -0.2) is 43.8 Å². The Hall–Kier alpha value is -4.23. The summed E-state index contributed by atoms with van der Waals surface area (Å²) in [5.41, 5.74) is 4.44. The molecule has 3 heterocycles. The van der Waals surface area contributed by atoms with Gasteiger partial charge in [-0.2, -0.15) is 0 Å². The zero-order valence-electron chi connectivity index (χ0n) is 20.9. The van der Waals surface area contributed by atoms with Crippen LogP contribution in [0.2, 0.25) is 0 Å². The molecule has 6 rings (SSSR count). The van der Waals surface area contributed by atoms with Crippen LogP contribution in [0.5, 0.6) is 5.75 Å². The second-order valence-corrected chi connectivity index (χ2v) is 9.54. The van der Waals surface area contributed by atoms with Crippen LogP contribution < -0.4 is 15.0 Å². The van der Waals surface area contributed by atoms with Crippen LogP contribution in [-0.2, 0) is 10.3 Å². The number of carbonyl (C=O) groups is 1. The molecule has 3 aromatic carbocycles. The highest BCUT2D eigenvalue weighted by Crippen LogP contribution is 2.41. The van der Waals surface area contributed by atoms with Crippen molar-refractivity contribution in [2.75, 3.05) is 37.8 Å². The number of hydrogen-bond donors (Lipinski definition) is 1. The van der Waals surface area contributed by atoms with Gasteiger partial charge in [-0.25, -0.2) is 4.39 Å². The molecule has 0 aliphatic carbocycles. The largest absolute Gasteiger partial charge is 0.491 e. The summed E-state index contributed by atoms with van der Waals surface area (Å²) in [6, 6.07) is 26.0. The van der Waals surface area contributed by atoms with Gasteiger partial charge >= 0.3 is 0 Å². The Morgan fingerprint density at radius 2 is 1.55 bits per heavy atom. The van der Waals surface area contributed by atoms with Gasteiger partial charge in [0.25, 0.3) is 5.91 Å². The van der Waals surface area contributed by atoms with E-state index in [0.29, 0.717) is 30.0 Å². The van der Waals surface area contributed by atoms with E-state index in [1.165, 1.54) is 30.0 Å². The third-order valence-electron chi connectivity index (χ3n) is 7.30.